The molecule has 4 aromatic rings. The van der Waals surface area contributed by atoms with E-state index in [0.29, 0.717) is 27.8 Å². The van der Waals surface area contributed by atoms with Crippen LogP contribution in [0.4, 0.5) is 10.1 Å². The average molecular weight is 392 g/mol. The largest absolute Gasteiger partial charge is 0.321 e. The van der Waals surface area contributed by atoms with E-state index >= 15 is 0 Å². The van der Waals surface area contributed by atoms with Gasteiger partial charge in [0.05, 0.1) is 16.4 Å². The molecule has 1 aromatic heterocycles. The number of para-hydroxylation sites is 1. The second-order valence-corrected chi connectivity index (χ2v) is 6.51. The third-order valence-electron chi connectivity index (χ3n) is 4.19. The lowest BCUT2D eigenvalue weighted by Crippen LogP contribution is -2.17. The van der Waals surface area contributed by atoms with Crippen molar-refractivity contribution in [3.8, 4) is 16.9 Å². The van der Waals surface area contributed by atoms with E-state index in [1.165, 1.54) is 28.9 Å². The Bertz CT molecular complexity index is 1120. The summed E-state index contributed by atoms with van der Waals surface area (Å²) >= 11 is 6.33. The third-order valence-corrected chi connectivity index (χ3v) is 4.51. The molecular weight excluding hydrogens is 377 g/mol. The van der Waals surface area contributed by atoms with Gasteiger partial charge in [-0.3, -0.25) is 4.79 Å². The van der Waals surface area contributed by atoms with Crippen molar-refractivity contribution in [3.63, 3.8) is 0 Å². The minimum absolute atomic E-state index is 0.316. The van der Waals surface area contributed by atoms with Crippen molar-refractivity contribution in [2.24, 2.45) is 0 Å². The van der Waals surface area contributed by atoms with Gasteiger partial charge in [-0.1, -0.05) is 54.1 Å². The number of rotatable bonds is 4. The Morgan fingerprint density at radius 2 is 1.61 bits per heavy atom. The van der Waals surface area contributed by atoms with E-state index in [9.17, 15) is 9.18 Å². The van der Waals surface area contributed by atoms with Crippen molar-refractivity contribution in [2.45, 2.75) is 0 Å². The quantitative estimate of drug-likeness (QED) is 0.493. The van der Waals surface area contributed by atoms with Crippen LogP contribution in [0.25, 0.3) is 16.9 Å². The molecule has 0 radical (unpaired) electrons. The number of nitrogens with one attached hydrogen (secondary N) is 1. The van der Waals surface area contributed by atoms with Crippen LogP contribution in [-0.2, 0) is 0 Å². The number of amides is 1. The summed E-state index contributed by atoms with van der Waals surface area (Å²) in [5.74, 6) is -0.744. The number of carbonyl (C=O) groups is 1. The monoisotopic (exact) mass is 391 g/mol. The second kappa shape index (κ2) is 7.66. The van der Waals surface area contributed by atoms with Crippen LogP contribution < -0.4 is 5.32 Å². The average Bonchev–Trinajstić information content (AvgIpc) is 3.16. The molecular formula is C22H15ClFN3O. The number of carbonyl (C=O) groups excluding carboxylic acids is 1. The number of aromatic nitrogens is 2. The zero-order chi connectivity index (χ0) is 19.5. The van der Waals surface area contributed by atoms with Crippen LogP contribution in [0.2, 0.25) is 5.02 Å². The summed E-state index contributed by atoms with van der Waals surface area (Å²) in [5, 5.41) is 7.84. The van der Waals surface area contributed by atoms with Crippen LogP contribution in [0.3, 0.4) is 0 Å². The van der Waals surface area contributed by atoms with Crippen LogP contribution in [0, 0.1) is 5.82 Å². The first-order valence-electron chi connectivity index (χ1n) is 8.59. The maximum absolute atomic E-state index is 13.1. The summed E-state index contributed by atoms with van der Waals surface area (Å²) in [5.41, 5.74) is 2.92. The highest BCUT2D eigenvalue weighted by Gasteiger charge is 2.19. The van der Waals surface area contributed by atoms with Crippen molar-refractivity contribution in [3.05, 3.63) is 101 Å². The number of anilines is 1. The Kier molecular flexibility index (Phi) is 4.91. The Balaban J connectivity index is 1.78. The second-order valence-electron chi connectivity index (χ2n) is 6.11. The summed E-state index contributed by atoms with van der Waals surface area (Å²) in [7, 11) is 0. The van der Waals surface area contributed by atoms with Gasteiger partial charge in [-0.15, -0.1) is 0 Å². The fourth-order valence-corrected chi connectivity index (χ4v) is 3.04. The molecule has 1 N–H and O–H groups in total. The molecule has 0 unspecified atom stereocenters. The van der Waals surface area contributed by atoms with Crippen LogP contribution >= 0.6 is 11.6 Å². The van der Waals surface area contributed by atoms with Crippen molar-refractivity contribution in [2.75, 3.05) is 5.32 Å². The Labute approximate surface area is 166 Å². The van der Waals surface area contributed by atoms with E-state index in [1.807, 2.05) is 42.5 Å². The topological polar surface area (TPSA) is 46.9 Å². The highest BCUT2D eigenvalue weighted by atomic mass is 35.5. The molecule has 4 nitrogen and oxygen atoms in total. The summed E-state index contributed by atoms with van der Waals surface area (Å²) in [4.78, 5) is 12.9. The van der Waals surface area contributed by atoms with Gasteiger partial charge in [-0.2, -0.15) is 5.10 Å². The molecule has 0 fully saturated rings. The van der Waals surface area contributed by atoms with Crippen molar-refractivity contribution >= 4 is 23.2 Å². The van der Waals surface area contributed by atoms with Crippen LogP contribution in [-0.4, -0.2) is 15.7 Å². The fraction of sp³-hybridized carbons (Fsp3) is 0. The number of hydrogen-bond donors (Lipinski definition) is 1. The van der Waals surface area contributed by atoms with Gasteiger partial charge in [0.25, 0.3) is 5.91 Å². The summed E-state index contributed by atoms with van der Waals surface area (Å²) < 4.78 is 14.6. The van der Waals surface area contributed by atoms with E-state index in [2.05, 4.69) is 10.4 Å². The first-order chi connectivity index (χ1) is 13.6. The van der Waals surface area contributed by atoms with Crippen LogP contribution in [0.5, 0.6) is 0 Å². The molecule has 3 aromatic carbocycles. The standard InChI is InChI=1S/C22H15ClFN3O/c23-18-8-4-5-9-20(18)27-21(14-19(26-27)15-6-2-1-3-7-15)22(28)25-17-12-10-16(24)11-13-17/h1-14H,(H,25,28). The molecule has 1 amide bonds. The molecule has 6 heteroatoms. The highest BCUT2D eigenvalue weighted by molar-refractivity contribution is 6.32. The van der Waals surface area contributed by atoms with E-state index < -0.39 is 0 Å². The molecule has 0 saturated heterocycles. The third kappa shape index (κ3) is 3.66. The molecule has 0 aliphatic heterocycles. The minimum atomic E-state index is -0.374. The summed E-state index contributed by atoms with van der Waals surface area (Å²) in [6.07, 6.45) is 0. The molecule has 0 atom stereocenters. The molecule has 0 aliphatic rings. The maximum Gasteiger partial charge on any atom is 0.274 e. The molecule has 138 valence electrons. The SMILES string of the molecule is O=C(Nc1ccc(F)cc1)c1cc(-c2ccccc2)nn1-c1ccccc1Cl. The summed E-state index contributed by atoms with van der Waals surface area (Å²) in [6, 6.07) is 24.0. The predicted molar refractivity (Wildman–Crippen MR) is 108 cm³/mol. The van der Waals surface area contributed by atoms with E-state index in [0.717, 1.165) is 5.56 Å². The zero-order valence-electron chi connectivity index (χ0n) is 14.6. The first-order valence-corrected chi connectivity index (χ1v) is 8.97. The predicted octanol–water partition coefficient (Wildman–Crippen LogP) is 5.58. The van der Waals surface area contributed by atoms with E-state index in [4.69, 9.17) is 11.6 Å². The number of benzene rings is 3. The molecule has 4 rings (SSSR count). The van der Waals surface area contributed by atoms with Crippen LogP contribution in [0.1, 0.15) is 10.5 Å². The van der Waals surface area contributed by atoms with Crippen LogP contribution in [0.15, 0.2) is 84.9 Å². The van der Waals surface area contributed by atoms with Gasteiger partial charge in [0.15, 0.2) is 0 Å². The lowest BCUT2D eigenvalue weighted by atomic mass is 10.1. The molecule has 1 heterocycles. The fourth-order valence-electron chi connectivity index (χ4n) is 2.83. The highest BCUT2D eigenvalue weighted by Crippen LogP contribution is 2.26. The summed E-state index contributed by atoms with van der Waals surface area (Å²) in [6.45, 7) is 0. The van der Waals surface area contributed by atoms with Crippen molar-refractivity contribution in [1.29, 1.82) is 0 Å². The Morgan fingerprint density at radius 1 is 0.929 bits per heavy atom. The Hall–Kier alpha value is -3.44. The molecule has 0 aliphatic carbocycles. The van der Waals surface area contributed by atoms with Crippen molar-refractivity contribution < 1.29 is 9.18 Å². The van der Waals surface area contributed by atoms with Gasteiger partial charge in [-0.05, 0) is 42.5 Å². The van der Waals surface area contributed by atoms with Gasteiger partial charge in [0, 0.05) is 11.3 Å². The van der Waals surface area contributed by atoms with Crippen molar-refractivity contribution in [1.82, 2.24) is 9.78 Å². The Morgan fingerprint density at radius 3 is 2.32 bits per heavy atom. The van der Waals surface area contributed by atoms with Gasteiger partial charge in [0.1, 0.15) is 11.5 Å². The molecule has 0 spiro atoms. The maximum atomic E-state index is 13.1. The van der Waals surface area contributed by atoms with E-state index in [-0.39, 0.29) is 11.7 Å². The first kappa shape index (κ1) is 17.9. The van der Waals surface area contributed by atoms with Gasteiger partial charge < -0.3 is 5.32 Å². The van der Waals surface area contributed by atoms with E-state index in [1.54, 1.807) is 18.2 Å². The van der Waals surface area contributed by atoms with Gasteiger partial charge in [-0.25, -0.2) is 9.07 Å². The zero-order valence-corrected chi connectivity index (χ0v) is 15.4. The number of hydrogen-bond acceptors (Lipinski definition) is 2. The number of halogens is 2. The van der Waals surface area contributed by atoms with Gasteiger partial charge in [0.2, 0.25) is 0 Å². The van der Waals surface area contributed by atoms with Gasteiger partial charge >= 0.3 is 0 Å². The molecule has 0 saturated carbocycles. The molecule has 28 heavy (non-hydrogen) atoms. The minimum Gasteiger partial charge on any atom is -0.321 e. The smallest absolute Gasteiger partial charge is 0.274 e. The normalized spacial score (nSPS) is 10.6. The molecule has 0 bridgehead atoms. The number of nitrogens with zero attached hydrogens (tertiary/aromatic N) is 2. The lowest BCUT2D eigenvalue weighted by Gasteiger charge is -2.09. The lowest BCUT2D eigenvalue weighted by molar-refractivity contribution is 0.101.